The van der Waals surface area contributed by atoms with Gasteiger partial charge in [-0.3, -0.25) is 9.69 Å². The average molecular weight is 427 g/mol. The van der Waals surface area contributed by atoms with Gasteiger partial charge < -0.3 is 14.6 Å². The van der Waals surface area contributed by atoms with Gasteiger partial charge in [0.25, 0.3) is 5.91 Å². The van der Waals surface area contributed by atoms with Gasteiger partial charge in [-0.1, -0.05) is 60.1 Å². The third-order valence-corrected chi connectivity index (χ3v) is 4.96. The highest BCUT2D eigenvalue weighted by Crippen LogP contribution is 2.20. The van der Waals surface area contributed by atoms with Crippen LogP contribution in [0.4, 0.5) is 0 Å². The Labute approximate surface area is 182 Å². The monoisotopic (exact) mass is 426 g/mol. The van der Waals surface area contributed by atoms with Crippen molar-refractivity contribution in [2.45, 2.75) is 19.6 Å². The molecule has 3 rings (SSSR count). The first-order chi connectivity index (χ1) is 14.5. The number of hydrogen-bond donors (Lipinski definition) is 1. The highest BCUT2D eigenvalue weighted by molar-refractivity contribution is 6.31. The van der Waals surface area contributed by atoms with Crippen molar-refractivity contribution in [1.29, 1.82) is 0 Å². The molecular formula is C23H27ClN4O2. The van der Waals surface area contributed by atoms with Crippen molar-refractivity contribution in [2.24, 2.45) is 0 Å². The lowest BCUT2D eigenvalue weighted by Gasteiger charge is -2.21. The van der Waals surface area contributed by atoms with E-state index in [9.17, 15) is 4.79 Å². The number of oxazole rings is 1. The second kappa shape index (κ2) is 10.9. The molecule has 0 atom stereocenters. The zero-order valence-corrected chi connectivity index (χ0v) is 18.1. The minimum atomic E-state index is -0.229. The van der Waals surface area contributed by atoms with Crippen LogP contribution in [0.1, 0.15) is 27.5 Å². The molecule has 0 aliphatic rings. The zero-order chi connectivity index (χ0) is 21.3. The number of nitrogens with one attached hydrogen (secondary N) is 1. The Morgan fingerprint density at radius 2 is 1.77 bits per heavy atom. The molecule has 0 radical (unpaired) electrons. The van der Waals surface area contributed by atoms with E-state index < -0.39 is 0 Å². The Balaban J connectivity index is 1.69. The Bertz CT molecular complexity index is 943. The summed E-state index contributed by atoms with van der Waals surface area (Å²) in [7, 11) is 3.92. The molecular weight excluding hydrogens is 400 g/mol. The van der Waals surface area contributed by atoms with Crippen LogP contribution in [0, 0.1) is 0 Å². The molecule has 1 amide bonds. The lowest BCUT2D eigenvalue weighted by molar-refractivity contribution is 0.0946. The highest BCUT2D eigenvalue weighted by atomic mass is 35.5. The predicted octanol–water partition coefficient (Wildman–Crippen LogP) is 3.82. The van der Waals surface area contributed by atoms with E-state index in [4.69, 9.17) is 16.0 Å². The first-order valence-corrected chi connectivity index (χ1v) is 10.3. The van der Waals surface area contributed by atoms with Gasteiger partial charge in [-0.2, -0.15) is 0 Å². The number of halogens is 1. The van der Waals surface area contributed by atoms with Crippen molar-refractivity contribution in [3.05, 3.63) is 88.6 Å². The lowest BCUT2D eigenvalue weighted by atomic mass is 10.1. The second-order valence-corrected chi connectivity index (χ2v) is 7.82. The van der Waals surface area contributed by atoms with Gasteiger partial charge in [0.2, 0.25) is 5.89 Å². The third-order valence-electron chi connectivity index (χ3n) is 4.59. The highest BCUT2D eigenvalue weighted by Gasteiger charge is 2.16. The molecule has 1 N–H and O–H groups in total. The van der Waals surface area contributed by atoms with E-state index in [2.05, 4.69) is 27.3 Å². The first kappa shape index (κ1) is 22.0. The molecule has 7 heteroatoms. The topological polar surface area (TPSA) is 61.6 Å². The standard InChI is InChI=1S/C23H27ClN4O2/c1-27(2)13-12-25-23(29)21-17-30-22(26-21)16-28(14-18-8-4-3-5-9-18)15-19-10-6-7-11-20(19)24/h3-11,17H,12-16H2,1-2H3,(H,25,29). The molecule has 30 heavy (non-hydrogen) atoms. The molecule has 0 unspecified atom stereocenters. The predicted molar refractivity (Wildman–Crippen MR) is 118 cm³/mol. The summed E-state index contributed by atoms with van der Waals surface area (Å²) in [5.41, 5.74) is 2.50. The smallest absolute Gasteiger partial charge is 0.273 e. The van der Waals surface area contributed by atoms with E-state index in [0.29, 0.717) is 37.8 Å². The van der Waals surface area contributed by atoms with Crippen LogP contribution in [-0.2, 0) is 19.6 Å². The Hall–Kier alpha value is -2.67. The van der Waals surface area contributed by atoms with Crippen LogP contribution in [0.15, 0.2) is 65.3 Å². The van der Waals surface area contributed by atoms with Crippen LogP contribution in [0.3, 0.4) is 0 Å². The molecule has 158 valence electrons. The van der Waals surface area contributed by atoms with Gasteiger partial charge in [-0.05, 0) is 31.3 Å². The summed E-state index contributed by atoms with van der Waals surface area (Å²) in [5, 5.41) is 3.58. The van der Waals surface area contributed by atoms with Crippen molar-refractivity contribution < 1.29 is 9.21 Å². The molecule has 1 heterocycles. The number of nitrogens with zero attached hydrogens (tertiary/aromatic N) is 3. The van der Waals surface area contributed by atoms with Crippen LogP contribution in [0.2, 0.25) is 5.02 Å². The van der Waals surface area contributed by atoms with Gasteiger partial charge in [-0.15, -0.1) is 0 Å². The summed E-state index contributed by atoms with van der Waals surface area (Å²) in [6.45, 7) is 3.13. The Morgan fingerprint density at radius 3 is 2.50 bits per heavy atom. The molecule has 0 bridgehead atoms. The van der Waals surface area contributed by atoms with Crippen LogP contribution in [0.5, 0.6) is 0 Å². The number of benzene rings is 2. The van der Waals surface area contributed by atoms with E-state index in [1.54, 1.807) is 0 Å². The number of hydrogen-bond acceptors (Lipinski definition) is 5. The number of likely N-dealkylation sites (N-methyl/N-ethyl adjacent to an activating group) is 1. The second-order valence-electron chi connectivity index (χ2n) is 7.41. The van der Waals surface area contributed by atoms with Crippen LogP contribution in [-0.4, -0.2) is 47.9 Å². The van der Waals surface area contributed by atoms with Gasteiger partial charge in [0.1, 0.15) is 6.26 Å². The van der Waals surface area contributed by atoms with Crippen LogP contribution in [0.25, 0.3) is 0 Å². The Morgan fingerprint density at radius 1 is 1.03 bits per heavy atom. The van der Waals surface area contributed by atoms with Crippen LogP contribution >= 0.6 is 11.6 Å². The maximum absolute atomic E-state index is 12.3. The third kappa shape index (κ3) is 6.69. The van der Waals surface area contributed by atoms with E-state index >= 15 is 0 Å². The van der Waals surface area contributed by atoms with Crippen molar-refractivity contribution in [3.63, 3.8) is 0 Å². The van der Waals surface area contributed by atoms with Crippen LogP contribution < -0.4 is 5.32 Å². The average Bonchev–Trinajstić information content (AvgIpc) is 3.19. The van der Waals surface area contributed by atoms with E-state index in [-0.39, 0.29) is 5.91 Å². The molecule has 0 aliphatic carbocycles. The van der Waals surface area contributed by atoms with E-state index in [1.165, 1.54) is 11.8 Å². The molecule has 0 aliphatic heterocycles. The molecule has 0 saturated heterocycles. The summed E-state index contributed by atoms with van der Waals surface area (Å²) in [6.07, 6.45) is 1.41. The number of carbonyl (C=O) groups is 1. The summed E-state index contributed by atoms with van der Waals surface area (Å²) >= 11 is 6.37. The fourth-order valence-electron chi connectivity index (χ4n) is 3.04. The van der Waals surface area contributed by atoms with E-state index in [1.807, 2.05) is 61.5 Å². The maximum Gasteiger partial charge on any atom is 0.273 e. The summed E-state index contributed by atoms with van der Waals surface area (Å²) in [6, 6.07) is 18.0. The molecule has 1 aromatic heterocycles. The summed E-state index contributed by atoms with van der Waals surface area (Å²) < 4.78 is 5.59. The molecule has 6 nitrogen and oxygen atoms in total. The van der Waals surface area contributed by atoms with Crippen molar-refractivity contribution >= 4 is 17.5 Å². The van der Waals surface area contributed by atoms with Gasteiger partial charge in [0, 0.05) is 31.2 Å². The van der Waals surface area contributed by atoms with Crippen molar-refractivity contribution in [3.8, 4) is 0 Å². The number of aromatic nitrogens is 1. The van der Waals surface area contributed by atoms with Crippen molar-refractivity contribution in [1.82, 2.24) is 20.1 Å². The Kier molecular flexibility index (Phi) is 8.02. The lowest BCUT2D eigenvalue weighted by Crippen LogP contribution is -2.31. The number of rotatable bonds is 10. The minimum absolute atomic E-state index is 0.229. The zero-order valence-electron chi connectivity index (χ0n) is 17.3. The quantitative estimate of drug-likeness (QED) is 0.534. The minimum Gasteiger partial charge on any atom is -0.447 e. The maximum atomic E-state index is 12.3. The van der Waals surface area contributed by atoms with Crippen molar-refractivity contribution in [2.75, 3.05) is 27.2 Å². The van der Waals surface area contributed by atoms with Gasteiger partial charge in [0.05, 0.1) is 6.54 Å². The largest absolute Gasteiger partial charge is 0.447 e. The molecule has 2 aromatic carbocycles. The number of amides is 1. The number of carbonyl (C=O) groups excluding carboxylic acids is 1. The fourth-order valence-corrected chi connectivity index (χ4v) is 3.24. The van der Waals surface area contributed by atoms with Gasteiger partial charge >= 0.3 is 0 Å². The summed E-state index contributed by atoms with van der Waals surface area (Å²) in [5.74, 6) is 0.267. The molecule has 0 fully saturated rings. The molecule has 3 aromatic rings. The normalized spacial score (nSPS) is 11.2. The molecule has 0 spiro atoms. The first-order valence-electron chi connectivity index (χ1n) is 9.88. The van der Waals surface area contributed by atoms with Gasteiger partial charge in [-0.25, -0.2) is 4.98 Å². The SMILES string of the molecule is CN(C)CCNC(=O)c1coc(CN(Cc2ccccc2)Cc2ccccc2Cl)n1. The fraction of sp³-hybridized carbons (Fsp3) is 0.304. The molecule has 0 saturated carbocycles. The van der Waals surface area contributed by atoms with Gasteiger partial charge in [0.15, 0.2) is 5.69 Å². The van der Waals surface area contributed by atoms with E-state index in [0.717, 1.165) is 17.1 Å². The summed E-state index contributed by atoms with van der Waals surface area (Å²) in [4.78, 5) is 20.9.